The van der Waals surface area contributed by atoms with E-state index in [1.54, 1.807) is 0 Å². The molecule has 2 aromatic rings. The molecular weight excluding hydrogens is 408 g/mol. The van der Waals surface area contributed by atoms with Gasteiger partial charge in [0, 0.05) is 58.8 Å². The molecule has 1 nitrogen and oxygen atoms in total. The highest BCUT2D eigenvalue weighted by atomic mass is 20.0. The van der Waals surface area contributed by atoms with Crippen LogP contribution in [0.4, 0.5) is 45.7 Å². The molecule has 0 fully saturated rings. The Morgan fingerprint density at radius 1 is 0.500 bits per heavy atom. The number of halogens is 10. The van der Waals surface area contributed by atoms with E-state index in [2.05, 4.69) is 77.7 Å². The van der Waals surface area contributed by atoms with E-state index in [1.807, 2.05) is 0 Å². The van der Waals surface area contributed by atoms with Gasteiger partial charge < -0.3 is 0 Å². The summed E-state index contributed by atoms with van der Waals surface area (Å²) in [5, 5.41) is 0. The lowest BCUT2D eigenvalue weighted by Crippen LogP contribution is -2.27. The zero-order chi connectivity index (χ0) is 22.2. The first-order valence-corrected chi connectivity index (χ1v) is 7.15. The molecular formula is C17H17F10N. The maximum Gasteiger partial charge on any atom is 0.0607 e. The quantitative estimate of drug-likeness (QED) is 0.358. The molecule has 2 aromatic carbocycles. The molecule has 0 radical (unpaired) electrons. The van der Waals surface area contributed by atoms with Crippen molar-refractivity contribution in [2.45, 2.75) is 6.04 Å². The Balaban J connectivity index is -0.000000548. The van der Waals surface area contributed by atoms with Gasteiger partial charge in [0.2, 0.25) is 0 Å². The topological polar surface area (TPSA) is 3.24 Å². The average Bonchev–Trinajstić information content (AvgIpc) is 3.36. The molecule has 0 aliphatic carbocycles. The third-order valence-electron chi connectivity index (χ3n) is 3.44. The second-order valence-electron chi connectivity index (χ2n) is 4.65. The molecule has 1 heterocycles. The lowest BCUT2D eigenvalue weighted by atomic mass is 9.97. The minimum absolute atomic E-state index is 0.363. The van der Waals surface area contributed by atoms with Crippen molar-refractivity contribution in [3.05, 3.63) is 83.9 Å². The Hall–Kier alpha value is -2.56. The van der Waals surface area contributed by atoms with Crippen LogP contribution in [-0.2, 0) is 0 Å². The summed E-state index contributed by atoms with van der Waals surface area (Å²) in [5.41, 5.74) is 2.74. The number of nitrogens with zero attached hydrogens (tertiary/aromatic N) is 1. The van der Waals surface area contributed by atoms with Crippen molar-refractivity contribution >= 4 is 0 Å². The third kappa shape index (κ3) is 11.2. The zero-order valence-electron chi connectivity index (χ0n) is 14.1. The Morgan fingerprint density at radius 3 is 1.07 bits per heavy atom. The number of rotatable bonds is 3. The molecule has 0 aromatic heterocycles. The molecule has 0 N–H and O–H groups in total. The lowest BCUT2D eigenvalue weighted by Gasteiger charge is -2.28. The van der Waals surface area contributed by atoms with Crippen LogP contribution in [0.5, 0.6) is 0 Å². The number of hydrogen-bond donors (Lipinski definition) is 0. The number of benzene rings is 2. The number of hydrogen-bond acceptors (Lipinski definition) is 1. The van der Waals surface area contributed by atoms with Gasteiger partial charge in [0.15, 0.2) is 0 Å². The standard InChI is InChI=1S/C17H17N.5F2/c1-3-9-15(10-4-1)17(18-13-7-8-14-18)16-11-5-2-6-12-16;5*1-2/h1-12,17H,13-14H2;;;;;. The summed E-state index contributed by atoms with van der Waals surface area (Å²) < 4.78 is 80.0. The SMILES string of the molecule is C1=CCN(C(c2ccccc2)c2ccccc2)C1.FF.FF.FF.FF.FF. The van der Waals surface area contributed by atoms with E-state index >= 15 is 0 Å². The highest BCUT2D eigenvalue weighted by Gasteiger charge is 2.22. The molecule has 0 unspecified atom stereocenters. The van der Waals surface area contributed by atoms with Crippen LogP contribution >= 0.6 is 0 Å². The Bertz CT molecular complexity index is 495. The van der Waals surface area contributed by atoms with E-state index in [0.29, 0.717) is 6.04 Å². The minimum Gasteiger partial charge on any atom is -0.285 e. The smallest absolute Gasteiger partial charge is 0.0607 e. The molecule has 11 heteroatoms. The van der Waals surface area contributed by atoms with Crippen molar-refractivity contribution in [3.63, 3.8) is 0 Å². The monoisotopic (exact) mass is 425 g/mol. The highest BCUT2D eigenvalue weighted by molar-refractivity contribution is 5.32. The normalized spacial score (nSPS) is 11.0. The van der Waals surface area contributed by atoms with E-state index in [-0.39, 0.29) is 0 Å². The van der Waals surface area contributed by atoms with Gasteiger partial charge in [-0.15, -0.1) is 0 Å². The van der Waals surface area contributed by atoms with Crippen LogP contribution in [0.25, 0.3) is 0 Å². The van der Waals surface area contributed by atoms with Crippen molar-refractivity contribution in [1.82, 2.24) is 4.90 Å². The van der Waals surface area contributed by atoms with Gasteiger partial charge in [-0.1, -0.05) is 72.8 Å². The summed E-state index contributed by atoms with van der Waals surface area (Å²) in [6.45, 7) is 2.07. The van der Waals surface area contributed by atoms with Crippen LogP contribution in [-0.4, -0.2) is 18.0 Å². The molecule has 0 bridgehead atoms. The molecule has 28 heavy (non-hydrogen) atoms. The van der Waals surface area contributed by atoms with Gasteiger partial charge in [-0.25, -0.2) is 0 Å². The fraction of sp³-hybridized carbons (Fsp3) is 0.176. The fourth-order valence-electron chi connectivity index (χ4n) is 2.59. The molecule has 1 aliphatic rings. The van der Waals surface area contributed by atoms with Gasteiger partial charge in [-0.05, 0) is 11.1 Å². The summed E-state index contributed by atoms with van der Waals surface area (Å²) in [7, 11) is 0. The second-order valence-corrected chi connectivity index (χ2v) is 4.65. The second kappa shape index (κ2) is 24.4. The van der Waals surface area contributed by atoms with Crippen LogP contribution in [0.1, 0.15) is 17.2 Å². The van der Waals surface area contributed by atoms with Gasteiger partial charge in [0.25, 0.3) is 0 Å². The van der Waals surface area contributed by atoms with Crippen molar-refractivity contribution < 1.29 is 45.7 Å². The van der Waals surface area contributed by atoms with Gasteiger partial charge in [0.05, 0.1) is 6.04 Å². The van der Waals surface area contributed by atoms with Gasteiger partial charge in [0.1, 0.15) is 0 Å². The van der Waals surface area contributed by atoms with Crippen molar-refractivity contribution in [3.8, 4) is 0 Å². The largest absolute Gasteiger partial charge is 0.285 e. The van der Waals surface area contributed by atoms with E-state index in [1.165, 1.54) is 11.1 Å². The lowest BCUT2D eigenvalue weighted by molar-refractivity contribution is 0.108. The molecule has 0 spiro atoms. The first kappa shape index (κ1) is 30.2. The molecule has 160 valence electrons. The first-order valence-electron chi connectivity index (χ1n) is 7.15. The van der Waals surface area contributed by atoms with Crippen LogP contribution in [0.2, 0.25) is 0 Å². The molecule has 3 rings (SSSR count). The van der Waals surface area contributed by atoms with E-state index in [9.17, 15) is 0 Å². The highest BCUT2D eigenvalue weighted by Crippen LogP contribution is 2.29. The molecule has 1 aliphatic heterocycles. The van der Waals surface area contributed by atoms with Crippen molar-refractivity contribution in [1.29, 1.82) is 0 Å². The van der Waals surface area contributed by atoms with Gasteiger partial charge in [-0.3, -0.25) is 4.90 Å². The summed E-state index contributed by atoms with van der Waals surface area (Å²) in [6, 6.07) is 21.9. The average molecular weight is 425 g/mol. The summed E-state index contributed by atoms with van der Waals surface area (Å²) in [5.74, 6) is 0. The Morgan fingerprint density at radius 2 is 0.786 bits per heavy atom. The zero-order valence-corrected chi connectivity index (χ0v) is 14.1. The van der Waals surface area contributed by atoms with Crippen LogP contribution < -0.4 is 0 Å². The summed E-state index contributed by atoms with van der Waals surface area (Å²) >= 11 is 0. The fourth-order valence-corrected chi connectivity index (χ4v) is 2.59. The first-order chi connectivity index (χ1) is 13.9. The van der Waals surface area contributed by atoms with E-state index in [4.69, 9.17) is 45.7 Å². The predicted molar refractivity (Wildman–Crippen MR) is 86.5 cm³/mol. The maximum absolute atomic E-state index is 8.00. The molecule has 0 saturated heterocycles. The Kier molecular flexibility index (Phi) is 26.3. The third-order valence-corrected chi connectivity index (χ3v) is 3.44. The summed E-state index contributed by atoms with van der Waals surface area (Å²) in [6.07, 6.45) is 4.50. The van der Waals surface area contributed by atoms with Crippen LogP contribution in [0.15, 0.2) is 72.8 Å². The minimum atomic E-state index is 0.363. The van der Waals surface area contributed by atoms with E-state index in [0.717, 1.165) is 13.1 Å². The van der Waals surface area contributed by atoms with Gasteiger partial charge >= 0.3 is 0 Å². The maximum atomic E-state index is 8.00. The van der Waals surface area contributed by atoms with Crippen molar-refractivity contribution in [2.24, 2.45) is 0 Å². The van der Waals surface area contributed by atoms with E-state index < -0.39 is 0 Å². The van der Waals surface area contributed by atoms with Gasteiger partial charge in [-0.2, -0.15) is 0 Å². The molecule has 0 saturated carbocycles. The van der Waals surface area contributed by atoms with Crippen LogP contribution in [0.3, 0.4) is 0 Å². The predicted octanol–water partition coefficient (Wildman–Crippen LogP) is 7.85. The molecule has 0 amide bonds. The van der Waals surface area contributed by atoms with Crippen molar-refractivity contribution in [2.75, 3.05) is 13.1 Å². The Labute approximate surface area is 154 Å². The van der Waals surface area contributed by atoms with Crippen LogP contribution in [0, 0.1) is 0 Å². The summed E-state index contributed by atoms with van der Waals surface area (Å²) in [4.78, 5) is 2.49. The molecule has 0 atom stereocenters.